The number of aliphatic hydroxyl groups excluding tert-OH is 1. The van der Waals surface area contributed by atoms with Crippen LogP contribution in [0.2, 0.25) is 0 Å². The molecular weight excluding hydrogens is 438 g/mol. The van der Waals surface area contributed by atoms with E-state index in [0.717, 1.165) is 47.9 Å². The van der Waals surface area contributed by atoms with Gasteiger partial charge in [-0.1, -0.05) is 42.5 Å². The lowest BCUT2D eigenvalue weighted by molar-refractivity contribution is 0.0272. The number of nitrogens with zero attached hydrogens (tertiary/aromatic N) is 1. The lowest BCUT2D eigenvalue weighted by atomic mass is 10.0. The molecule has 0 unspecified atom stereocenters. The van der Waals surface area contributed by atoms with Gasteiger partial charge in [0.25, 0.3) is 5.91 Å². The fourth-order valence-corrected chi connectivity index (χ4v) is 4.64. The van der Waals surface area contributed by atoms with E-state index in [1.165, 1.54) is 11.1 Å². The van der Waals surface area contributed by atoms with Crippen LogP contribution in [0.15, 0.2) is 54.7 Å². The van der Waals surface area contributed by atoms with Crippen LogP contribution in [0.5, 0.6) is 0 Å². The van der Waals surface area contributed by atoms with E-state index in [1.54, 1.807) is 6.20 Å². The third-order valence-electron chi connectivity index (χ3n) is 6.85. The smallest absolute Gasteiger partial charge is 0.255 e. The highest BCUT2D eigenvalue weighted by molar-refractivity contribution is 5.99. The third kappa shape index (κ3) is 6.27. The molecule has 4 rings (SSSR count). The number of aromatic nitrogens is 1. The number of pyridine rings is 1. The Bertz CT molecular complexity index is 1180. The summed E-state index contributed by atoms with van der Waals surface area (Å²) in [5, 5.41) is 12.3. The molecule has 0 aliphatic heterocycles. The SMILES string of the molecule is Cc1ccc(CO[C@H]2CCC[C@@H]2NC(=O)c2cc(-c3cccc(CCCO)c3)cnc2N)cc1C. The quantitative estimate of drug-likeness (QED) is 0.417. The Balaban J connectivity index is 1.43. The average molecular weight is 474 g/mol. The second kappa shape index (κ2) is 11.5. The largest absolute Gasteiger partial charge is 0.396 e. The molecule has 2 aromatic carbocycles. The summed E-state index contributed by atoms with van der Waals surface area (Å²) >= 11 is 0. The number of carbonyl (C=O) groups is 1. The molecule has 1 aromatic heterocycles. The number of benzene rings is 2. The van der Waals surface area contributed by atoms with Crippen LogP contribution < -0.4 is 11.1 Å². The lowest BCUT2D eigenvalue weighted by Gasteiger charge is -2.22. The molecule has 6 heteroatoms. The fourth-order valence-electron chi connectivity index (χ4n) is 4.64. The summed E-state index contributed by atoms with van der Waals surface area (Å²) in [5.41, 5.74) is 13.1. The Morgan fingerprint density at radius 2 is 1.94 bits per heavy atom. The number of carbonyl (C=O) groups excluding carboxylic acids is 1. The number of nitrogens with one attached hydrogen (secondary N) is 1. The molecule has 35 heavy (non-hydrogen) atoms. The summed E-state index contributed by atoms with van der Waals surface area (Å²) in [6.07, 6.45) is 5.99. The first-order valence-electron chi connectivity index (χ1n) is 12.4. The van der Waals surface area contributed by atoms with Crippen molar-refractivity contribution in [3.05, 3.63) is 82.5 Å². The number of aliphatic hydroxyl groups is 1. The minimum absolute atomic E-state index is 0.0267. The van der Waals surface area contributed by atoms with Crippen molar-refractivity contribution in [3.63, 3.8) is 0 Å². The van der Waals surface area contributed by atoms with E-state index < -0.39 is 0 Å². The van der Waals surface area contributed by atoms with E-state index in [1.807, 2.05) is 24.3 Å². The van der Waals surface area contributed by atoms with Crippen LogP contribution in [-0.4, -0.2) is 34.8 Å². The lowest BCUT2D eigenvalue weighted by Crippen LogP contribution is -2.41. The molecule has 1 amide bonds. The highest BCUT2D eigenvalue weighted by atomic mass is 16.5. The second-order valence-corrected chi connectivity index (χ2v) is 9.46. The fraction of sp³-hybridized carbons (Fsp3) is 0.379. The number of nitrogen functional groups attached to an aromatic ring is 1. The molecule has 3 aromatic rings. The van der Waals surface area contributed by atoms with E-state index in [9.17, 15) is 4.79 Å². The van der Waals surface area contributed by atoms with Gasteiger partial charge in [-0.2, -0.15) is 0 Å². The first-order valence-corrected chi connectivity index (χ1v) is 12.4. The van der Waals surface area contributed by atoms with Crippen LogP contribution in [0.3, 0.4) is 0 Å². The molecule has 1 fully saturated rings. The number of anilines is 1. The van der Waals surface area contributed by atoms with Gasteiger partial charge in [0.1, 0.15) is 5.82 Å². The molecule has 1 aliphatic rings. The highest BCUT2D eigenvalue weighted by Crippen LogP contribution is 2.26. The zero-order chi connectivity index (χ0) is 24.8. The van der Waals surface area contributed by atoms with Gasteiger partial charge in [-0.15, -0.1) is 0 Å². The normalized spacial score (nSPS) is 17.5. The zero-order valence-electron chi connectivity index (χ0n) is 20.6. The summed E-state index contributed by atoms with van der Waals surface area (Å²) in [6, 6.07) is 16.2. The Morgan fingerprint density at radius 3 is 2.74 bits per heavy atom. The Labute approximate surface area is 207 Å². The van der Waals surface area contributed by atoms with Crippen LogP contribution in [-0.2, 0) is 17.8 Å². The van der Waals surface area contributed by atoms with Crippen LogP contribution in [0, 0.1) is 13.8 Å². The van der Waals surface area contributed by atoms with Crippen molar-refractivity contribution in [2.45, 2.75) is 64.7 Å². The Hall–Kier alpha value is -3.22. The first-order chi connectivity index (χ1) is 16.9. The van der Waals surface area contributed by atoms with Gasteiger partial charge in [-0.05, 0) is 79.8 Å². The van der Waals surface area contributed by atoms with Crippen LogP contribution in [0.25, 0.3) is 11.1 Å². The Morgan fingerprint density at radius 1 is 1.09 bits per heavy atom. The predicted octanol–water partition coefficient (Wildman–Crippen LogP) is 4.74. The number of aryl methyl sites for hydroxylation is 3. The Kier molecular flexibility index (Phi) is 8.16. The van der Waals surface area contributed by atoms with Crippen molar-refractivity contribution in [2.24, 2.45) is 0 Å². The maximum absolute atomic E-state index is 13.2. The van der Waals surface area contributed by atoms with Gasteiger partial charge in [0.15, 0.2) is 0 Å². The van der Waals surface area contributed by atoms with E-state index in [0.29, 0.717) is 18.6 Å². The molecule has 1 saturated carbocycles. The molecule has 2 atom stereocenters. The number of hydrogen-bond donors (Lipinski definition) is 3. The van der Waals surface area contributed by atoms with Gasteiger partial charge in [-0.3, -0.25) is 4.79 Å². The van der Waals surface area contributed by atoms with E-state index in [-0.39, 0.29) is 30.5 Å². The van der Waals surface area contributed by atoms with Crippen molar-refractivity contribution in [1.82, 2.24) is 10.3 Å². The van der Waals surface area contributed by atoms with Crippen LogP contribution in [0.4, 0.5) is 5.82 Å². The van der Waals surface area contributed by atoms with Crippen LogP contribution in [0.1, 0.15) is 58.3 Å². The molecule has 1 heterocycles. The first kappa shape index (κ1) is 24.9. The number of nitrogens with two attached hydrogens (primary N) is 1. The van der Waals surface area contributed by atoms with E-state index >= 15 is 0 Å². The third-order valence-corrected chi connectivity index (χ3v) is 6.85. The van der Waals surface area contributed by atoms with Crippen molar-refractivity contribution in [1.29, 1.82) is 0 Å². The van der Waals surface area contributed by atoms with E-state index in [2.05, 4.69) is 48.4 Å². The van der Waals surface area contributed by atoms with Gasteiger partial charge < -0.3 is 20.9 Å². The number of amides is 1. The molecule has 0 radical (unpaired) electrons. The summed E-state index contributed by atoms with van der Waals surface area (Å²) in [4.78, 5) is 17.5. The maximum atomic E-state index is 13.2. The van der Waals surface area contributed by atoms with Crippen molar-refractivity contribution in [2.75, 3.05) is 12.3 Å². The minimum Gasteiger partial charge on any atom is -0.396 e. The monoisotopic (exact) mass is 473 g/mol. The van der Waals surface area contributed by atoms with Gasteiger partial charge in [0.05, 0.1) is 24.3 Å². The molecule has 0 spiro atoms. The standard InChI is InChI=1S/C29H35N3O3/c1-19-11-12-22(14-20(19)2)18-35-27-10-4-9-26(27)32-29(34)25-16-24(17-31-28(25)30)23-8-3-6-21(15-23)7-5-13-33/h3,6,8,11-12,14-17,26-27,33H,4-5,7,9-10,13,18H2,1-2H3,(H2,30,31)(H,32,34)/t26-,27-/m0/s1. The summed E-state index contributed by atoms with van der Waals surface area (Å²) < 4.78 is 6.22. The highest BCUT2D eigenvalue weighted by Gasteiger charge is 2.30. The minimum atomic E-state index is -0.222. The van der Waals surface area contributed by atoms with Crippen molar-refractivity contribution >= 4 is 11.7 Å². The molecular formula is C29H35N3O3. The zero-order valence-corrected chi connectivity index (χ0v) is 20.6. The molecule has 1 aliphatic carbocycles. The average Bonchev–Trinajstić information content (AvgIpc) is 3.30. The molecule has 0 bridgehead atoms. The van der Waals surface area contributed by atoms with Crippen LogP contribution >= 0.6 is 0 Å². The molecule has 0 saturated heterocycles. The maximum Gasteiger partial charge on any atom is 0.255 e. The predicted molar refractivity (Wildman–Crippen MR) is 139 cm³/mol. The van der Waals surface area contributed by atoms with E-state index in [4.69, 9.17) is 15.6 Å². The summed E-state index contributed by atoms with van der Waals surface area (Å²) in [5.74, 6) is -0.00625. The number of hydrogen-bond acceptors (Lipinski definition) is 5. The summed E-state index contributed by atoms with van der Waals surface area (Å²) in [7, 11) is 0. The molecule has 184 valence electrons. The van der Waals surface area contributed by atoms with Gasteiger partial charge in [0, 0.05) is 18.4 Å². The second-order valence-electron chi connectivity index (χ2n) is 9.46. The topological polar surface area (TPSA) is 97.5 Å². The summed E-state index contributed by atoms with van der Waals surface area (Å²) in [6.45, 7) is 4.90. The van der Waals surface area contributed by atoms with Gasteiger partial charge in [-0.25, -0.2) is 4.98 Å². The van der Waals surface area contributed by atoms with Gasteiger partial charge in [0.2, 0.25) is 0 Å². The van der Waals surface area contributed by atoms with Crippen molar-refractivity contribution < 1.29 is 14.6 Å². The van der Waals surface area contributed by atoms with Gasteiger partial charge >= 0.3 is 0 Å². The van der Waals surface area contributed by atoms with Crippen molar-refractivity contribution in [3.8, 4) is 11.1 Å². The number of ether oxygens (including phenoxy) is 1. The molecule has 4 N–H and O–H groups in total. The molecule has 6 nitrogen and oxygen atoms in total. The number of rotatable bonds is 9.